The molecule has 94 valence electrons. The maximum absolute atomic E-state index is 11.9. The number of hydrogen-bond donors (Lipinski definition) is 0. The first-order valence-corrected chi connectivity index (χ1v) is 6.25. The van der Waals surface area contributed by atoms with Gasteiger partial charge in [0.05, 0.1) is 0 Å². The fourth-order valence-corrected chi connectivity index (χ4v) is 2.24. The third-order valence-corrected chi connectivity index (χ3v) is 3.14. The van der Waals surface area contributed by atoms with Crippen molar-refractivity contribution in [2.45, 2.75) is 65.0 Å². The average Bonchev–Trinajstić information content (AvgIpc) is 2.14. The highest BCUT2D eigenvalue weighted by molar-refractivity contribution is 5.68. The fourth-order valence-electron chi connectivity index (χ4n) is 2.24. The van der Waals surface area contributed by atoms with Crippen molar-refractivity contribution in [3.8, 4) is 0 Å². The lowest BCUT2D eigenvalue weighted by Gasteiger charge is -2.35. The quantitative estimate of drug-likeness (QED) is 0.687. The second-order valence-electron chi connectivity index (χ2n) is 6.02. The molecule has 0 bridgehead atoms. The van der Waals surface area contributed by atoms with Gasteiger partial charge in [-0.3, -0.25) is 0 Å². The molecule has 0 aliphatic heterocycles. The molecule has 0 saturated heterocycles. The molecule has 2 unspecified atom stereocenters. The summed E-state index contributed by atoms with van der Waals surface area (Å²) in [6.45, 7) is 7.97. The highest BCUT2D eigenvalue weighted by Gasteiger charge is 2.28. The van der Waals surface area contributed by atoms with Crippen LogP contribution in [0.25, 0.3) is 0 Å². The molecule has 0 aromatic rings. The van der Waals surface area contributed by atoms with Crippen molar-refractivity contribution in [1.29, 1.82) is 0 Å². The van der Waals surface area contributed by atoms with Crippen LogP contribution >= 0.6 is 0 Å². The van der Waals surface area contributed by atoms with Crippen LogP contribution in [-0.2, 0) is 4.74 Å². The lowest BCUT2D eigenvalue weighted by Crippen LogP contribution is -2.42. The Morgan fingerprint density at radius 3 is 2.44 bits per heavy atom. The molecule has 3 nitrogen and oxygen atoms in total. The molecule has 1 aliphatic carbocycles. The molecule has 1 amide bonds. The second-order valence-corrected chi connectivity index (χ2v) is 6.02. The second kappa shape index (κ2) is 5.07. The third-order valence-electron chi connectivity index (χ3n) is 3.14. The van der Waals surface area contributed by atoms with Gasteiger partial charge in [-0.1, -0.05) is 19.8 Å². The lowest BCUT2D eigenvalue weighted by atomic mass is 9.86. The van der Waals surface area contributed by atoms with Crippen LogP contribution in [0.1, 0.15) is 53.4 Å². The van der Waals surface area contributed by atoms with E-state index < -0.39 is 5.60 Å². The van der Waals surface area contributed by atoms with E-state index in [1.165, 1.54) is 12.8 Å². The molecular weight excluding hydrogens is 202 g/mol. The number of rotatable bonds is 1. The minimum atomic E-state index is -0.397. The Labute approximate surface area is 99.1 Å². The summed E-state index contributed by atoms with van der Waals surface area (Å²) in [5.41, 5.74) is -0.397. The van der Waals surface area contributed by atoms with Crippen LogP contribution in [0, 0.1) is 5.92 Å². The van der Waals surface area contributed by atoms with Crippen molar-refractivity contribution in [1.82, 2.24) is 4.90 Å². The number of amides is 1. The highest BCUT2D eigenvalue weighted by Crippen LogP contribution is 2.27. The molecule has 0 N–H and O–H groups in total. The zero-order valence-corrected chi connectivity index (χ0v) is 11.2. The van der Waals surface area contributed by atoms with Crippen LogP contribution in [0.5, 0.6) is 0 Å². The van der Waals surface area contributed by atoms with E-state index in [4.69, 9.17) is 4.74 Å². The van der Waals surface area contributed by atoms with Gasteiger partial charge in [-0.05, 0) is 39.5 Å². The minimum absolute atomic E-state index is 0.188. The molecular formula is C13H25NO2. The van der Waals surface area contributed by atoms with E-state index in [-0.39, 0.29) is 6.09 Å². The van der Waals surface area contributed by atoms with Crippen molar-refractivity contribution in [2.24, 2.45) is 5.92 Å². The van der Waals surface area contributed by atoms with Crippen LogP contribution in [0.4, 0.5) is 4.79 Å². The molecule has 1 rings (SSSR count). The van der Waals surface area contributed by atoms with Crippen LogP contribution in [-0.4, -0.2) is 29.7 Å². The van der Waals surface area contributed by atoms with Gasteiger partial charge in [-0.15, -0.1) is 0 Å². The predicted molar refractivity (Wildman–Crippen MR) is 65.4 cm³/mol. The van der Waals surface area contributed by atoms with E-state index in [0.29, 0.717) is 6.04 Å². The summed E-state index contributed by atoms with van der Waals surface area (Å²) < 4.78 is 5.37. The number of carbonyl (C=O) groups is 1. The van der Waals surface area contributed by atoms with Crippen molar-refractivity contribution in [3.05, 3.63) is 0 Å². The van der Waals surface area contributed by atoms with Gasteiger partial charge in [-0.25, -0.2) is 4.79 Å². The van der Waals surface area contributed by atoms with Crippen LogP contribution in [0.15, 0.2) is 0 Å². The third kappa shape index (κ3) is 4.03. The molecule has 16 heavy (non-hydrogen) atoms. The Kier molecular flexibility index (Phi) is 4.22. The summed E-state index contributed by atoms with van der Waals surface area (Å²) in [5.74, 6) is 0.726. The summed E-state index contributed by atoms with van der Waals surface area (Å²) in [6, 6.07) is 0.360. The number of nitrogens with zero attached hydrogens (tertiary/aromatic N) is 1. The van der Waals surface area contributed by atoms with Crippen LogP contribution in [0.3, 0.4) is 0 Å². The summed E-state index contributed by atoms with van der Waals surface area (Å²) in [4.78, 5) is 13.6. The minimum Gasteiger partial charge on any atom is -0.444 e. The van der Waals surface area contributed by atoms with E-state index in [0.717, 1.165) is 18.8 Å². The molecule has 0 radical (unpaired) electrons. The van der Waals surface area contributed by atoms with Gasteiger partial charge in [0.1, 0.15) is 5.60 Å². The molecule has 0 aromatic heterocycles. The summed E-state index contributed by atoms with van der Waals surface area (Å²) >= 11 is 0. The van der Waals surface area contributed by atoms with Crippen molar-refractivity contribution in [3.63, 3.8) is 0 Å². The topological polar surface area (TPSA) is 29.5 Å². The van der Waals surface area contributed by atoms with E-state index in [1.807, 2.05) is 27.8 Å². The SMILES string of the molecule is CC1CCCC(N(C)C(=O)OC(C)(C)C)C1. The summed E-state index contributed by atoms with van der Waals surface area (Å²) in [7, 11) is 1.86. The van der Waals surface area contributed by atoms with Crippen molar-refractivity contribution in [2.75, 3.05) is 7.05 Å². The number of hydrogen-bond acceptors (Lipinski definition) is 2. The monoisotopic (exact) mass is 227 g/mol. The zero-order valence-electron chi connectivity index (χ0n) is 11.2. The molecule has 2 atom stereocenters. The fraction of sp³-hybridized carbons (Fsp3) is 0.923. The molecule has 0 spiro atoms. The molecule has 1 fully saturated rings. The Balaban J connectivity index is 2.49. The van der Waals surface area contributed by atoms with Gasteiger partial charge in [0, 0.05) is 13.1 Å². The van der Waals surface area contributed by atoms with E-state index >= 15 is 0 Å². The van der Waals surface area contributed by atoms with E-state index in [1.54, 1.807) is 4.90 Å². The van der Waals surface area contributed by atoms with Crippen molar-refractivity contribution < 1.29 is 9.53 Å². The number of ether oxygens (including phenoxy) is 1. The normalized spacial score (nSPS) is 26.3. The first kappa shape index (κ1) is 13.3. The van der Waals surface area contributed by atoms with Gasteiger partial charge >= 0.3 is 6.09 Å². The molecule has 0 heterocycles. The molecule has 1 aliphatic rings. The van der Waals surface area contributed by atoms with Crippen molar-refractivity contribution >= 4 is 6.09 Å². The van der Waals surface area contributed by atoms with Gasteiger partial charge in [0.15, 0.2) is 0 Å². The molecule has 1 saturated carbocycles. The van der Waals surface area contributed by atoms with E-state index in [2.05, 4.69) is 6.92 Å². The maximum Gasteiger partial charge on any atom is 0.410 e. The van der Waals surface area contributed by atoms with Gasteiger partial charge in [0.25, 0.3) is 0 Å². The van der Waals surface area contributed by atoms with Crippen LogP contribution < -0.4 is 0 Å². The van der Waals surface area contributed by atoms with Crippen LogP contribution in [0.2, 0.25) is 0 Å². The maximum atomic E-state index is 11.9. The first-order valence-electron chi connectivity index (χ1n) is 6.25. The molecule has 3 heteroatoms. The summed E-state index contributed by atoms with van der Waals surface area (Å²) in [5, 5.41) is 0. The smallest absolute Gasteiger partial charge is 0.410 e. The first-order chi connectivity index (χ1) is 7.29. The Morgan fingerprint density at radius 2 is 1.94 bits per heavy atom. The standard InChI is InChI=1S/C13H25NO2/c1-10-7-6-8-11(9-10)14(5)12(15)16-13(2,3)4/h10-11H,6-9H2,1-5H3. The zero-order chi connectivity index (χ0) is 12.3. The molecule has 0 aromatic carbocycles. The predicted octanol–water partition coefficient (Wildman–Crippen LogP) is 3.43. The largest absolute Gasteiger partial charge is 0.444 e. The Bertz CT molecular complexity index is 245. The Morgan fingerprint density at radius 1 is 1.31 bits per heavy atom. The Hall–Kier alpha value is -0.730. The average molecular weight is 227 g/mol. The van der Waals surface area contributed by atoms with Gasteiger partial charge in [0.2, 0.25) is 0 Å². The van der Waals surface area contributed by atoms with E-state index in [9.17, 15) is 4.79 Å². The lowest BCUT2D eigenvalue weighted by molar-refractivity contribution is 0.0169. The van der Waals surface area contributed by atoms with Gasteiger partial charge < -0.3 is 9.64 Å². The number of carbonyl (C=O) groups excluding carboxylic acids is 1. The highest BCUT2D eigenvalue weighted by atomic mass is 16.6. The van der Waals surface area contributed by atoms with Gasteiger partial charge in [-0.2, -0.15) is 0 Å². The summed E-state index contributed by atoms with van der Waals surface area (Å²) in [6.07, 6.45) is 4.54.